The minimum absolute atomic E-state index is 0.262. The molecular formula is C12H15NO2. The van der Waals surface area contributed by atoms with Gasteiger partial charge in [-0.1, -0.05) is 30.3 Å². The van der Waals surface area contributed by atoms with E-state index in [2.05, 4.69) is 6.58 Å². The van der Waals surface area contributed by atoms with Crippen molar-refractivity contribution >= 4 is 5.97 Å². The van der Waals surface area contributed by atoms with Gasteiger partial charge >= 0.3 is 5.97 Å². The smallest absolute Gasteiger partial charge is 0.328 e. The van der Waals surface area contributed by atoms with Gasteiger partial charge in [0.15, 0.2) is 0 Å². The van der Waals surface area contributed by atoms with Crippen molar-refractivity contribution in [3.8, 4) is 0 Å². The first kappa shape index (κ1) is 11.5. The Bertz CT molecular complexity index is 387. The van der Waals surface area contributed by atoms with Crippen molar-refractivity contribution < 1.29 is 9.90 Å². The van der Waals surface area contributed by atoms with Gasteiger partial charge in [-0.25, -0.2) is 4.79 Å². The van der Waals surface area contributed by atoms with E-state index < -0.39 is 11.5 Å². The molecule has 3 nitrogen and oxygen atoms in total. The number of rotatable bonds is 4. The van der Waals surface area contributed by atoms with Crippen molar-refractivity contribution in [1.29, 1.82) is 0 Å². The third-order valence-electron chi connectivity index (χ3n) is 2.51. The summed E-state index contributed by atoms with van der Waals surface area (Å²) in [5, 5.41) is 8.99. The number of nitrogens with two attached hydrogens (primary N) is 1. The fraction of sp³-hybridized carbons (Fsp3) is 0.250. The van der Waals surface area contributed by atoms with Crippen LogP contribution >= 0.6 is 0 Å². The molecule has 3 N–H and O–H groups in total. The van der Waals surface area contributed by atoms with Crippen molar-refractivity contribution in [2.45, 2.75) is 18.9 Å². The van der Waals surface area contributed by atoms with Crippen LogP contribution in [-0.2, 0) is 11.2 Å². The molecule has 0 aromatic heterocycles. The molecule has 0 fully saturated rings. The summed E-state index contributed by atoms with van der Waals surface area (Å²) in [6.45, 7) is 5.41. The van der Waals surface area contributed by atoms with Gasteiger partial charge in [-0.15, -0.1) is 6.58 Å². The second-order valence-electron chi connectivity index (χ2n) is 3.65. The van der Waals surface area contributed by atoms with E-state index in [9.17, 15) is 4.79 Å². The molecule has 1 rings (SSSR count). The molecule has 0 amide bonds. The second kappa shape index (κ2) is 4.28. The Balaban J connectivity index is 2.99. The number of hydrogen-bond acceptors (Lipinski definition) is 2. The highest BCUT2D eigenvalue weighted by molar-refractivity contribution is 5.81. The van der Waals surface area contributed by atoms with E-state index in [1.165, 1.54) is 6.08 Å². The molecule has 80 valence electrons. The van der Waals surface area contributed by atoms with Crippen LogP contribution in [0.3, 0.4) is 0 Å². The normalized spacial score (nSPS) is 14.3. The lowest BCUT2D eigenvalue weighted by Crippen LogP contribution is -2.48. The minimum Gasteiger partial charge on any atom is -0.480 e. The Kier molecular flexibility index (Phi) is 3.27. The molecule has 0 aliphatic heterocycles. The summed E-state index contributed by atoms with van der Waals surface area (Å²) in [7, 11) is 0. The Labute approximate surface area is 89.2 Å². The molecule has 0 saturated heterocycles. The Morgan fingerprint density at radius 2 is 2.20 bits per heavy atom. The first-order valence-corrected chi connectivity index (χ1v) is 4.70. The molecule has 0 aliphatic rings. The molecule has 3 heteroatoms. The summed E-state index contributed by atoms with van der Waals surface area (Å²) in [5.41, 5.74) is 6.31. The number of carboxylic acids is 1. The first-order chi connectivity index (χ1) is 6.99. The van der Waals surface area contributed by atoms with Crippen LogP contribution in [0.1, 0.15) is 11.1 Å². The van der Waals surface area contributed by atoms with Gasteiger partial charge < -0.3 is 10.8 Å². The van der Waals surface area contributed by atoms with E-state index >= 15 is 0 Å². The molecular weight excluding hydrogens is 190 g/mol. The highest BCUT2D eigenvalue weighted by atomic mass is 16.4. The van der Waals surface area contributed by atoms with E-state index in [0.717, 1.165) is 11.1 Å². The van der Waals surface area contributed by atoms with Crippen LogP contribution in [0, 0.1) is 6.92 Å². The summed E-state index contributed by atoms with van der Waals surface area (Å²) >= 11 is 0. The fourth-order valence-corrected chi connectivity index (χ4v) is 1.36. The van der Waals surface area contributed by atoms with Crippen molar-refractivity contribution in [3.63, 3.8) is 0 Å². The summed E-state index contributed by atoms with van der Waals surface area (Å²) in [4.78, 5) is 11.0. The number of benzene rings is 1. The summed E-state index contributed by atoms with van der Waals surface area (Å²) in [6, 6.07) is 7.59. The van der Waals surface area contributed by atoms with Gasteiger partial charge in [0.05, 0.1) is 0 Å². The lowest BCUT2D eigenvalue weighted by atomic mass is 9.90. The molecule has 0 bridgehead atoms. The highest BCUT2D eigenvalue weighted by Gasteiger charge is 2.30. The average molecular weight is 205 g/mol. The van der Waals surface area contributed by atoms with Crippen molar-refractivity contribution in [2.75, 3.05) is 0 Å². The van der Waals surface area contributed by atoms with Crippen LogP contribution in [0.5, 0.6) is 0 Å². The topological polar surface area (TPSA) is 63.3 Å². The highest BCUT2D eigenvalue weighted by Crippen LogP contribution is 2.16. The Morgan fingerprint density at radius 3 is 2.67 bits per heavy atom. The lowest BCUT2D eigenvalue weighted by molar-refractivity contribution is -0.141. The molecule has 1 aromatic carbocycles. The predicted molar refractivity (Wildman–Crippen MR) is 59.6 cm³/mol. The maximum absolute atomic E-state index is 11.0. The SMILES string of the molecule is C=C[C@](N)(Cc1ccccc1C)C(=O)O. The van der Waals surface area contributed by atoms with Gasteiger partial charge in [0.1, 0.15) is 5.54 Å². The van der Waals surface area contributed by atoms with Gasteiger partial charge in [0.2, 0.25) is 0 Å². The quantitative estimate of drug-likeness (QED) is 0.732. The molecule has 0 unspecified atom stereocenters. The van der Waals surface area contributed by atoms with E-state index in [1.54, 1.807) is 0 Å². The van der Waals surface area contributed by atoms with Gasteiger partial charge in [-0.05, 0) is 18.1 Å². The zero-order chi connectivity index (χ0) is 11.5. The lowest BCUT2D eigenvalue weighted by Gasteiger charge is -2.21. The number of carbonyl (C=O) groups is 1. The van der Waals surface area contributed by atoms with E-state index in [0.29, 0.717) is 0 Å². The number of carboxylic acid groups (broad SMARTS) is 1. The van der Waals surface area contributed by atoms with Crippen molar-refractivity contribution in [2.24, 2.45) is 5.73 Å². The Morgan fingerprint density at radius 1 is 1.60 bits per heavy atom. The summed E-state index contributed by atoms with van der Waals surface area (Å²) in [6.07, 6.45) is 1.54. The van der Waals surface area contributed by atoms with Gasteiger partial charge in [0.25, 0.3) is 0 Å². The molecule has 0 heterocycles. The second-order valence-corrected chi connectivity index (χ2v) is 3.65. The minimum atomic E-state index is -1.38. The van der Waals surface area contributed by atoms with E-state index in [1.807, 2.05) is 31.2 Å². The van der Waals surface area contributed by atoms with Gasteiger partial charge in [-0.2, -0.15) is 0 Å². The molecule has 1 atom stereocenters. The fourth-order valence-electron chi connectivity index (χ4n) is 1.36. The molecule has 0 spiro atoms. The van der Waals surface area contributed by atoms with Gasteiger partial charge in [-0.3, -0.25) is 0 Å². The number of aryl methyl sites for hydroxylation is 1. The van der Waals surface area contributed by atoms with Crippen molar-refractivity contribution in [3.05, 3.63) is 48.0 Å². The zero-order valence-electron chi connectivity index (χ0n) is 8.73. The summed E-state index contributed by atoms with van der Waals surface area (Å²) < 4.78 is 0. The van der Waals surface area contributed by atoms with Crippen LogP contribution in [0.15, 0.2) is 36.9 Å². The summed E-state index contributed by atoms with van der Waals surface area (Å²) in [5.74, 6) is -1.05. The molecule has 15 heavy (non-hydrogen) atoms. The van der Waals surface area contributed by atoms with Crippen LogP contribution < -0.4 is 5.73 Å². The first-order valence-electron chi connectivity index (χ1n) is 4.70. The number of aliphatic carboxylic acids is 1. The third kappa shape index (κ3) is 2.44. The molecule has 0 saturated carbocycles. The maximum atomic E-state index is 11.0. The van der Waals surface area contributed by atoms with Crippen LogP contribution in [0.2, 0.25) is 0 Å². The van der Waals surface area contributed by atoms with Crippen LogP contribution in [0.4, 0.5) is 0 Å². The molecule has 1 aromatic rings. The largest absolute Gasteiger partial charge is 0.480 e. The number of hydrogen-bond donors (Lipinski definition) is 2. The van der Waals surface area contributed by atoms with Crippen LogP contribution in [-0.4, -0.2) is 16.6 Å². The zero-order valence-corrected chi connectivity index (χ0v) is 8.73. The monoisotopic (exact) mass is 205 g/mol. The average Bonchev–Trinajstić information content (AvgIpc) is 2.21. The maximum Gasteiger partial charge on any atom is 0.328 e. The molecule has 0 radical (unpaired) electrons. The van der Waals surface area contributed by atoms with E-state index in [4.69, 9.17) is 10.8 Å². The van der Waals surface area contributed by atoms with Crippen LogP contribution in [0.25, 0.3) is 0 Å². The van der Waals surface area contributed by atoms with Crippen molar-refractivity contribution in [1.82, 2.24) is 0 Å². The van der Waals surface area contributed by atoms with E-state index in [-0.39, 0.29) is 6.42 Å². The predicted octanol–water partition coefficient (Wildman–Crippen LogP) is 1.51. The Hall–Kier alpha value is -1.61. The third-order valence-corrected chi connectivity index (χ3v) is 2.51. The standard InChI is InChI=1S/C12H15NO2/c1-3-12(13,11(14)15)8-10-7-5-4-6-9(10)2/h3-7H,1,8,13H2,2H3,(H,14,15)/t12-/m0/s1. The molecule has 0 aliphatic carbocycles. The van der Waals surface area contributed by atoms with Gasteiger partial charge in [0, 0.05) is 6.42 Å².